The molecule has 16 heavy (non-hydrogen) atoms. The van der Waals surface area contributed by atoms with Crippen LogP contribution in [0.4, 0.5) is 4.39 Å². The van der Waals surface area contributed by atoms with Crippen molar-refractivity contribution in [2.45, 2.75) is 24.5 Å². The lowest BCUT2D eigenvalue weighted by molar-refractivity contribution is 0.0369. The normalized spacial score (nSPS) is 26.5. The lowest BCUT2D eigenvalue weighted by Crippen LogP contribution is -2.50. The van der Waals surface area contributed by atoms with Gasteiger partial charge in [0.05, 0.1) is 6.04 Å². The van der Waals surface area contributed by atoms with Gasteiger partial charge in [-0.05, 0) is 31.3 Å². The average molecular weight is 222 g/mol. The Morgan fingerprint density at radius 2 is 2.12 bits per heavy atom. The Kier molecular flexibility index (Phi) is 2.16. The quantitative estimate of drug-likeness (QED) is 0.696. The van der Waals surface area contributed by atoms with Crippen molar-refractivity contribution in [2.75, 3.05) is 13.1 Å². The van der Waals surface area contributed by atoms with E-state index < -0.39 is 0 Å². The van der Waals surface area contributed by atoms with Crippen LogP contribution >= 0.6 is 0 Å². The summed E-state index contributed by atoms with van der Waals surface area (Å²) in [6, 6.07) is 4.39. The van der Waals surface area contributed by atoms with E-state index in [2.05, 4.69) is 5.32 Å². The van der Waals surface area contributed by atoms with E-state index in [1.807, 2.05) is 0 Å². The van der Waals surface area contributed by atoms with E-state index >= 15 is 0 Å². The van der Waals surface area contributed by atoms with Gasteiger partial charge >= 0.3 is 0 Å². The smallest absolute Gasteiger partial charge is 0.131 e. The van der Waals surface area contributed by atoms with Gasteiger partial charge in [-0.3, -0.25) is 0 Å². The molecule has 2 aliphatic rings. The lowest BCUT2D eigenvalue weighted by atomic mass is 9.84. The first kappa shape index (κ1) is 10.1. The predicted octanol–water partition coefficient (Wildman–Crippen LogP) is 1.34. The molecule has 1 saturated heterocycles. The number of hydrogen-bond acceptors (Lipinski definition) is 3. The van der Waals surface area contributed by atoms with Crippen molar-refractivity contribution >= 4 is 0 Å². The van der Waals surface area contributed by atoms with E-state index in [9.17, 15) is 4.39 Å². The summed E-state index contributed by atoms with van der Waals surface area (Å²) in [6.07, 6.45) is 1.76. The fourth-order valence-electron chi connectivity index (χ4n) is 2.68. The highest BCUT2D eigenvalue weighted by molar-refractivity contribution is 5.43. The zero-order valence-corrected chi connectivity index (χ0v) is 9.00. The Bertz CT molecular complexity index is 415. The second-order valence-electron chi connectivity index (χ2n) is 4.58. The van der Waals surface area contributed by atoms with Crippen LogP contribution in [0.25, 0.3) is 0 Å². The molecule has 3 nitrogen and oxygen atoms in total. The van der Waals surface area contributed by atoms with Gasteiger partial charge in [0.1, 0.15) is 17.2 Å². The zero-order valence-electron chi connectivity index (χ0n) is 9.00. The van der Waals surface area contributed by atoms with E-state index in [-0.39, 0.29) is 17.5 Å². The van der Waals surface area contributed by atoms with Crippen molar-refractivity contribution in [1.82, 2.24) is 5.32 Å². The molecule has 1 atom stereocenters. The number of hydrogen-bond donors (Lipinski definition) is 2. The topological polar surface area (TPSA) is 47.3 Å². The first-order chi connectivity index (χ1) is 7.71. The zero-order chi connectivity index (χ0) is 11.2. The first-order valence-electron chi connectivity index (χ1n) is 5.66. The molecular weight excluding hydrogens is 207 g/mol. The van der Waals surface area contributed by atoms with E-state index in [0.717, 1.165) is 37.2 Å². The summed E-state index contributed by atoms with van der Waals surface area (Å²) in [5.74, 6) is 0.500. The summed E-state index contributed by atoms with van der Waals surface area (Å²) < 4.78 is 19.1. The highest BCUT2D eigenvalue weighted by Gasteiger charge is 2.47. The minimum Gasteiger partial charge on any atom is -0.485 e. The average Bonchev–Trinajstić information content (AvgIpc) is 2.55. The van der Waals surface area contributed by atoms with Gasteiger partial charge < -0.3 is 15.8 Å². The van der Waals surface area contributed by atoms with Crippen molar-refractivity contribution in [3.05, 3.63) is 29.6 Å². The SMILES string of the molecule is N[C@@H]1c2cc(F)ccc2OC12CCNCC2. The van der Waals surface area contributed by atoms with Crippen molar-refractivity contribution in [1.29, 1.82) is 0 Å². The van der Waals surface area contributed by atoms with Crippen LogP contribution in [0.5, 0.6) is 5.75 Å². The second-order valence-corrected chi connectivity index (χ2v) is 4.58. The van der Waals surface area contributed by atoms with Gasteiger partial charge in [0.25, 0.3) is 0 Å². The van der Waals surface area contributed by atoms with Crippen molar-refractivity contribution in [2.24, 2.45) is 5.73 Å². The van der Waals surface area contributed by atoms with Crippen LogP contribution in [0, 0.1) is 5.82 Å². The number of piperidine rings is 1. The maximum atomic E-state index is 13.2. The number of nitrogens with one attached hydrogen (secondary N) is 1. The molecule has 2 aliphatic heterocycles. The van der Waals surface area contributed by atoms with Gasteiger partial charge in [-0.2, -0.15) is 0 Å². The molecular formula is C12H15FN2O. The molecule has 3 rings (SSSR count). The summed E-state index contributed by atoms with van der Waals surface area (Å²) in [6.45, 7) is 1.81. The van der Waals surface area contributed by atoms with Crippen LogP contribution in [-0.2, 0) is 0 Å². The lowest BCUT2D eigenvalue weighted by Gasteiger charge is -2.36. The molecule has 1 spiro atoms. The van der Waals surface area contributed by atoms with Crippen LogP contribution in [0.15, 0.2) is 18.2 Å². The Morgan fingerprint density at radius 1 is 1.38 bits per heavy atom. The molecule has 1 aromatic rings. The maximum Gasteiger partial charge on any atom is 0.131 e. The Labute approximate surface area is 93.8 Å². The molecule has 0 unspecified atom stereocenters. The van der Waals surface area contributed by atoms with Crippen molar-refractivity contribution < 1.29 is 9.13 Å². The summed E-state index contributed by atoms with van der Waals surface area (Å²) in [5, 5.41) is 3.28. The fourth-order valence-corrected chi connectivity index (χ4v) is 2.68. The number of ether oxygens (including phenoxy) is 1. The number of fused-ring (bicyclic) bond motifs is 1. The summed E-state index contributed by atoms with van der Waals surface area (Å²) >= 11 is 0. The molecule has 0 radical (unpaired) electrons. The molecule has 3 N–H and O–H groups in total. The monoisotopic (exact) mass is 222 g/mol. The number of benzene rings is 1. The Morgan fingerprint density at radius 3 is 2.88 bits per heavy atom. The van der Waals surface area contributed by atoms with Crippen LogP contribution in [0.3, 0.4) is 0 Å². The van der Waals surface area contributed by atoms with Gasteiger partial charge in [0.15, 0.2) is 0 Å². The largest absolute Gasteiger partial charge is 0.485 e. The third kappa shape index (κ3) is 1.33. The third-order valence-electron chi connectivity index (χ3n) is 3.64. The van der Waals surface area contributed by atoms with Gasteiger partial charge in [0, 0.05) is 18.4 Å². The highest BCUT2D eigenvalue weighted by Crippen LogP contribution is 2.46. The van der Waals surface area contributed by atoms with E-state index in [4.69, 9.17) is 10.5 Å². The number of nitrogens with two attached hydrogens (primary N) is 1. The van der Waals surface area contributed by atoms with Gasteiger partial charge in [-0.25, -0.2) is 4.39 Å². The molecule has 0 amide bonds. The van der Waals surface area contributed by atoms with Gasteiger partial charge in [0.2, 0.25) is 0 Å². The fraction of sp³-hybridized carbons (Fsp3) is 0.500. The minimum atomic E-state index is -0.318. The summed E-state index contributed by atoms with van der Waals surface area (Å²) in [4.78, 5) is 0. The molecule has 1 fully saturated rings. The van der Waals surface area contributed by atoms with Crippen LogP contribution < -0.4 is 15.8 Å². The highest BCUT2D eigenvalue weighted by atomic mass is 19.1. The molecule has 1 aromatic carbocycles. The van der Waals surface area contributed by atoms with Crippen molar-refractivity contribution in [3.63, 3.8) is 0 Å². The Balaban J connectivity index is 1.99. The third-order valence-corrected chi connectivity index (χ3v) is 3.64. The molecule has 4 heteroatoms. The first-order valence-corrected chi connectivity index (χ1v) is 5.66. The summed E-state index contributed by atoms with van der Waals surface area (Å²) in [5.41, 5.74) is 6.69. The molecule has 0 aromatic heterocycles. The molecule has 86 valence electrons. The molecule has 2 heterocycles. The molecule has 0 saturated carbocycles. The van der Waals surface area contributed by atoms with Crippen LogP contribution in [0.1, 0.15) is 24.4 Å². The number of halogens is 1. The molecule has 0 bridgehead atoms. The minimum absolute atomic E-state index is 0.208. The van der Waals surface area contributed by atoms with E-state index in [1.54, 1.807) is 6.07 Å². The van der Waals surface area contributed by atoms with Crippen molar-refractivity contribution in [3.8, 4) is 5.75 Å². The predicted molar refractivity (Wildman–Crippen MR) is 58.8 cm³/mol. The number of rotatable bonds is 0. The second kappa shape index (κ2) is 3.43. The maximum absolute atomic E-state index is 13.2. The standard InChI is InChI=1S/C12H15FN2O/c13-8-1-2-10-9(7-8)11(14)12(16-10)3-5-15-6-4-12/h1-2,7,11,15H,3-6,14H2/t11-/m1/s1. The van der Waals surface area contributed by atoms with Gasteiger partial charge in [-0.1, -0.05) is 0 Å². The van der Waals surface area contributed by atoms with Crippen LogP contribution in [0.2, 0.25) is 0 Å². The van der Waals surface area contributed by atoms with Crippen LogP contribution in [-0.4, -0.2) is 18.7 Å². The van der Waals surface area contributed by atoms with E-state index in [1.165, 1.54) is 12.1 Å². The summed E-state index contributed by atoms with van der Waals surface area (Å²) in [7, 11) is 0. The van der Waals surface area contributed by atoms with Gasteiger partial charge in [-0.15, -0.1) is 0 Å². The molecule has 0 aliphatic carbocycles. The van der Waals surface area contributed by atoms with E-state index in [0.29, 0.717) is 0 Å². The Hall–Kier alpha value is -1.13.